The van der Waals surface area contributed by atoms with Crippen molar-refractivity contribution in [1.29, 1.82) is 0 Å². The summed E-state index contributed by atoms with van der Waals surface area (Å²) in [5.41, 5.74) is 1.28. The van der Waals surface area contributed by atoms with E-state index in [1.54, 1.807) is 54.7 Å². The van der Waals surface area contributed by atoms with E-state index in [9.17, 15) is 9.59 Å². The molecule has 0 atom stereocenters. The largest absolute Gasteiger partial charge is 0.484 e. The van der Waals surface area contributed by atoms with Crippen LogP contribution in [0.1, 0.15) is 0 Å². The number of carbonyl (C=O) groups is 2. The van der Waals surface area contributed by atoms with Gasteiger partial charge in [-0.05, 0) is 42.5 Å². The number of carbonyl (C=O) groups excluding carboxylic acids is 2. The predicted octanol–water partition coefficient (Wildman–Crippen LogP) is 3.24. The highest BCUT2D eigenvalue weighted by molar-refractivity contribution is 6.10. The number of nitrogens with zero attached hydrogens (tertiary/aromatic N) is 2. The summed E-state index contributed by atoms with van der Waals surface area (Å²) < 4.78 is 11.2. The van der Waals surface area contributed by atoms with Gasteiger partial charge >= 0.3 is 0 Å². The molecule has 1 aromatic heterocycles. The minimum absolute atomic E-state index is 0.0317. The Labute approximate surface area is 161 Å². The SMILES string of the molecule is O=C1CN(C(=O)COc2ccc(Oc3ccccn3)cc2)c2ccccc2N1. The molecule has 0 radical (unpaired) electrons. The molecule has 0 saturated heterocycles. The second-order valence-electron chi connectivity index (χ2n) is 6.08. The molecule has 2 heterocycles. The maximum absolute atomic E-state index is 12.6. The molecule has 28 heavy (non-hydrogen) atoms. The van der Waals surface area contributed by atoms with Gasteiger partial charge in [0, 0.05) is 12.3 Å². The van der Waals surface area contributed by atoms with Crippen molar-refractivity contribution in [2.45, 2.75) is 0 Å². The molecular formula is C21H17N3O4. The van der Waals surface area contributed by atoms with E-state index in [4.69, 9.17) is 9.47 Å². The smallest absolute Gasteiger partial charge is 0.265 e. The summed E-state index contributed by atoms with van der Waals surface area (Å²) in [4.78, 5) is 29.9. The van der Waals surface area contributed by atoms with Crippen LogP contribution in [-0.4, -0.2) is 29.9 Å². The van der Waals surface area contributed by atoms with Gasteiger partial charge in [0.15, 0.2) is 6.61 Å². The van der Waals surface area contributed by atoms with Crippen LogP contribution in [0.3, 0.4) is 0 Å². The predicted molar refractivity (Wildman–Crippen MR) is 104 cm³/mol. The van der Waals surface area contributed by atoms with E-state index >= 15 is 0 Å². The summed E-state index contributed by atoms with van der Waals surface area (Å²) >= 11 is 0. The molecule has 4 rings (SSSR count). The van der Waals surface area contributed by atoms with E-state index < -0.39 is 0 Å². The zero-order valence-corrected chi connectivity index (χ0v) is 14.9. The number of hydrogen-bond donors (Lipinski definition) is 1. The molecular weight excluding hydrogens is 358 g/mol. The Balaban J connectivity index is 1.38. The summed E-state index contributed by atoms with van der Waals surface area (Å²) in [6.45, 7) is -0.210. The van der Waals surface area contributed by atoms with Crippen molar-refractivity contribution in [1.82, 2.24) is 4.98 Å². The molecule has 7 heteroatoms. The Bertz CT molecular complexity index is 990. The van der Waals surface area contributed by atoms with E-state index in [1.165, 1.54) is 4.90 Å². The van der Waals surface area contributed by atoms with Crippen molar-refractivity contribution in [2.75, 3.05) is 23.4 Å². The lowest BCUT2D eigenvalue weighted by atomic mass is 10.2. The number of benzene rings is 2. The van der Waals surface area contributed by atoms with Gasteiger partial charge in [-0.3, -0.25) is 14.5 Å². The fourth-order valence-electron chi connectivity index (χ4n) is 2.81. The number of pyridine rings is 1. The standard InChI is InChI=1S/C21H17N3O4/c25-19-13-24(18-6-2-1-5-17(18)23-19)21(26)14-27-15-8-10-16(11-9-15)28-20-7-3-4-12-22-20/h1-12H,13-14H2,(H,23,25). The van der Waals surface area contributed by atoms with E-state index in [1.807, 2.05) is 18.2 Å². The number of ether oxygens (including phenoxy) is 2. The molecule has 7 nitrogen and oxygen atoms in total. The van der Waals surface area contributed by atoms with Gasteiger partial charge < -0.3 is 14.8 Å². The lowest BCUT2D eigenvalue weighted by molar-refractivity contribution is -0.123. The molecule has 2 aromatic carbocycles. The van der Waals surface area contributed by atoms with Gasteiger partial charge in [0.25, 0.3) is 5.91 Å². The highest BCUT2D eigenvalue weighted by Crippen LogP contribution is 2.29. The average Bonchev–Trinajstić information content (AvgIpc) is 2.73. The first-order valence-corrected chi connectivity index (χ1v) is 8.70. The summed E-state index contributed by atoms with van der Waals surface area (Å²) in [5, 5.41) is 2.75. The number of anilines is 2. The number of rotatable bonds is 5. The van der Waals surface area contributed by atoms with Crippen LogP contribution in [0.25, 0.3) is 0 Å². The van der Waals surface area contributed by atoms with Crippen LogP contribution < -0.4 is 19.7 Å². The number of aromatic nitrogens is 1. The van der Waals surface area contributed by atoms with Crippen molar-refractivity contribution in [2.24, 2.45) is 0 Å². The highest BCUT2D eigenvalue weighted by Gasteiger charge is 2.26. The third kappa shape index (κ3) is 3.93. The van der Waals surface area contributed by atoms with Crippen LogP contribution in [-0.2, 0) is 9.59 Å². The second kappa shape index (κ2) is 7.79. The van der Waals surface area contributed by atoms with Crippen LogP contribution in [0.4, 0.5) is 11.4 Å². The van der Waals surface area contributed by atoms with Gasteiger partial charge in [0.2, 0.25) is 11.8 Å². The van der Waals surface area contributed by atoms with Crippen LogP contribution in [0.2, 0.25) is 0 Å². The summed E-state index contributed by atoms with van der Waals surface area (Å²) in [5.74, 6) is 1.10. The van der Waals surface area contributed by atoms with Crippen LogP contribution in [0, 0.1) is 0 Å². The zero-order valence-electron chi connectivity index (χ0n) is 14.9. The molecule has 0 aliphatic carbocycles. The van der Waals surface area contributed by atoms with Crippen molar-refractivity contribution in [3.63, 3.8) is 0 Å². The lowest BCUT2D eigenvalue weighted by Gasteiger charge is -2.29. The molecule has 0 unspecified atom stereocenters. The summed E-state index contributed by atoms with van der Waals surface area (Å²) in [7, 11) is 0. The third-order valence-electron chi connectivity index (χ3n) is 4.12. The quantitative estimate of drug-likeness (QED) is 0.740. The van der Waals surface area contributed by atoms with Crippen LogP contribution >= 0.6 is 0 Å². The molecule has 1 N–H and O–H groups in total. The van der Waals surface area contributed by atoms with Gasteiger partial charge in [0.1, 0.15) is 18.0 Å². The molecule has 1 aliphatic rings. The molecule has 0 spiro atoms. The van der Waals surface area contributed by atoms with E-state index in [0.29, 0.717) is 28.8 Å². The molecule has 3 aromatic rings. The average molecular weight is 375 g/mol. The summed E-state index contributed by atoms with van der Waals surface area (Å²) in [6, 6.07) is 19.5. The Morgan fingerprint density at radius 2 is 1.75 bits per heavy atom. The van der Waals surface area contributed by atoms with Gasteiger partial charge in [-0.25, -0.2) is 4.98 Å². The fraction of sp³-hybridized carbons (Fsp3) is 0.0952. The van der Waals surface area contributed by atoms with Gasteiger partial charge in [-0.1, -0.05) is 18.2 Å². The van der Waals surface area contributed by atoms with E-state index in [-0.39, 0.29) is 25.0 Å². The summed E-state index contributed by atoms with van der Waals surface area (Å²) in [6.07, 6.45) is 1.65. The van der Waals surface area contributed by atoms with Crippen molar-refractivity contribution in [3.8, 4) is 17.4 Å². The van der Waals surface area contributed by atoms with Gasteiger partial charge in [-0.2, -0.15) is 0 Å². The second-order valence-corrected chi connectivity index (χ2v) is 6.08. The number of fused-ring (bicyclic) bond motifs is 1. The first-order valence-electron chi connectivity index (χ1n) is 8.70. The minimum Gasteiger partial charge on any atom is -0.484 e. The Kier molecular flexibility index (Phi) is 4.88. The van der Waals surface area contributed by atoms with Crippen molar-refractivity contribution in [3.05, 3.63) is 72.9 Å². The molecule has 0 fully saturated rings. The monoisotopic (exact) mass is 375 g/mol. The third-order valence-corrected chi connectivity index (χ3v) is 4.12. The molecule has 0 bridgehead atoms. The zero-order chi connectivity index (χ0) is 19.3. The maximum Gasteiger partial charge on any atom is 0.265 e. The van der Waals surface area contributed by atoms with Crippen molar-refractivity contribution < 1.29 is 19.1 Å². The number of hydrogen-bond acceptors (Lipinski definition) is 5. The first-order chi connectivity index (χ1) is 13.7. The number of para-hydroxylation sites is 2. The first kappa shape index (κ1) is 17.5. The topological polar surface area (TPSA) is 80.8 Å². The molecule has 1 aliphatic heterocycles. The number of nitrogens with one attached hydrogen (secondary N) is 1. The van der Waals surface area contributed by atoms with Gasteiger partial charge in [-0.15, -0.1) is 0 Å². The number of amides is 2. The van der Waals surface area contributed by atoms with E-state index in [0.717, 1.165) is 0 Å². The van der Waals surface area contributed by atoms with Crippen molar-refractivity contribution >= 4 is 23.2 Å². The lowest BCUT2D eigenvalue weighted by Crippen LogP contribution is -2.44. The van der Waals surface area contributed by atoms with Crippen LogP contribution in [0.5, 0.6) is 17.4 Å². The minimum atomic E-state index is -0.295. The molecule has 0 saturated carbocycles. The maximum atomic E-state index is 12.6. The Morgan fingerprint density at radius 3 is 2.54 bits per heavy atom. The Hall–Kier alpha value is -3.87. The Morgan fingerprint density at radius 1 is 1.00 bits per heavy atom. The molecule has 140 valence electrons. The van der Waals surface area contributed by atoms with E-state index in [2.05, 4.69) is 10.3 Å². The van der Waals surface area contributed by atoms with Crippen LogP contribution in [0.15, 0.2) is 72.9 Å². The normalized spacial score (nSPS) is 12.7. The fourth-order valence-corrected chi connectivity index (χ4v) is 2.81. The molecule has 2 amide bonds. The van der Waals surface area contributed by atoms with Gasteiger partial charge in [0.05, 0.1) is 11.4 Å². The highest BCUT2D eigenvalue weighted by atomic mass is 16.5.